The molecule has 1 N–H and O–H groups in total. The average molecular weight is 307 g/mol. The number of para-hydroxylation sites is 1. The van der Waals surface area contributed by atoms with Gasteiger partial charge in [0.15, 0.2) is 11.3 Å². The van der Waals surface area contributed by atoms with Gasteiger partial charge in [-0.2, -0.15) is 0 Å². The van der Waals surface area contributed by atoms with Gasteiger partial charge in [0.05, 0.1) is 10.7 Å². The molecule has 0 saturated heterocycles. The molecular weight excluding hydrogens is 296 g/mol. The summed E-state index contributed by atoms with van der Waals surface area (Å²) in [5.41, 5.74) is 1.41. The number of fused-ring (bicyclic) bond motifs is 1. The highest BCUT2D eigenvalue weighted by atomic mass is 35.5. The molecule has 0 bridgehead atoms. The van der Waals surface area contributed by atoms with Gasteiger partial charge in [-0.3, -0.25) is 0 Å². The Morgan fingerprint density at radius 2 is 2.25 bits per heavy atom. The Morgan fingerprint density at radius 3 is 3.00 bits per heavy atom. The van der Waals surface area contributed by atoms with E-state index in [9.17, 15) is 0 Å². The fraction of sp³-hybridized carbons (Fsp3) is 0.143. The van der Waals surface area contributed by atoms with E-state index in [-0.39, 0.29) is 0 Å². The standard InChI is InChI=1S/C14H11ClN2O2S/c1-18-7-12-16-10(6-13(20)17-12)11-5-8-3-2-4-9(15)14(8)19-11/h2-6H,7H2,1H3,(H,16,17,20). The van der Waals surface area contributed by atoms with Crippen LogP contribution in [0.4, 0.5) is 0 Å². The Hall–Kier alpha value is -1.69. The monoisotopic (exact) mass is 306 g/mol. The van der Waals surface area contributed by atoms with Crippen LogP contribution < -0.4 is 0 Å². The predicted octanol–water partition coefficient (Wildman–Crippen LogP) is 4.35. The summed E-state index contributed by atoms with van der Waals surface area (Å²) in [7, 11) is 1.60. The van der Waals surface area contributed by atoms with Crippen LogP contribution in [0.5, 0.6) is 0 Å². The molecule has 2 aromatic heterocycles. The highest BCUT2D eigenvalue weighted by molar-refractivity contribution is 7.71. The Balaban J connectivity index is 2.15. The number of rotatable bonds is 3. The van der Waals surface area contributed by atoms with Gasteiger partial charge in [0, 0.05) is 18.6 Å². The van der Waals surface area contributed by atoms with Crippen molar-refractivity contribution in [3.05, 3.63) is 45.8 Å². The summed E-state index contributed by atoms with van der Waals surface area (Å²) in [4.78, 5) is 7.33. The molecule has 6 heteroatoms. The molecule has 3 rings (SSSR count). The van der Waals surface area contributed by atoms with Crippen LogP contribution in [0.2, 0.25) is 5.02 Å². The van der Waals surface area contributed by atoms with Crippen molar-refractivity contribution < 1.29 is 9.15 Å². The minimum Gasteiger partial charge on any atom is -0.453 e. The first-order valence-corrected chi connectivity index (χ1v) is 6.73. The van der Waals surface area contributed by atoms with Crippen molar-refractivity contribution in [3.8, 4) is 11.5 Å². The molecule has 20 heavy (non-hydrogen) atoms. The molecule has 0 aliphatic heterocycles. The van der Waals surface area contributed by atoms with Crippen molar-refractivity contribution in [1.82, 2.24) is 9.97 Å². The van der Waals surface area contributed by atoms with E-state index in [0.29, 0.717) is 33.4 Å². The molecule has 0 radical (unpaired) electrons. The van der Waals surface area contributed by atoms with Gasteiger partial charge in [-0.15, -0.1) is 0 Å². The number of hydrogen-bond acceptors (Lipinski definition) is 4. The van der Waals surface area contributed by atoms with Gasteiger partial charge in [0.2, 0.25) is 0 Å². The molecule has 102 valence electrons. The number of ether oxygens (including phenoxy) is 1. The van der Waals surface area contributed by atoms with E-state index in [1.165, 1.54) is 0 Å². The van der Waals surface area contributed by atoms with E-state index in [2.05, 4.69) is 9.97 Å². The molecule has 0 spiro atoms. The number of aromatic amines is 1. The number of H-pyrrole nitrogens is 1. The quantitative estimate of drug-likeness (QED) is 0.731. The fourth-order valence-corrected chi connectivity index (χ4v) is 2.45. The van der Waals surface area contributed by atoms with Crippen LogP contribution in [0, 0.1) is 4.64 Å². The van der Waals surface area contributed by atoms with Crippen LogP contribution in [0.3, 0.4) is 0 Å². The van der Waals surface area contributed by atoms with Crippen LogP contribution in [-0.2, 0) is 11.3 Å². The topological polar surface area (TPSA) is 51.1 Å². The highest BCUT2D eigenvalue weighted by Crippen LogP contribution is 2.31. The number of nitrogens with one attached hydrogen (secondary N) is 1. The third kappa shape index (κ3) is 2.47. The van der Waals surface area contributed by atoms with E-state index in [4.69, 9.17) is 33.0 Å². The largest absolute Gasteiger partial charge is 0.453 e. The van der Waals surface area contributed by atoms with Crippen LogP contribution in [0.1, 0.15) is 5.82 Å². The lowest BCUT2D eigenvalue weighted by atomic mass is 10.2. The van der Waals surface area contributed by atoms with Crippen LogP contribution in [-0.4, -0.2) is 17.1 Å². The zero-order chi connectivity index (χ0) is 14.1. The van der Waals surface area contributed by atoms with Crippen molar-refractivity contribution in [2.45, 2.75) is 6.61 Å². The number of methoxy groups -OCH3 is 1. The fourth-order valence-electron chi connectivity index (χ4n) is 2.01. The molecule has 0 atom stereocenters. The Morgan fingerprint density at radius 1 is 1.40 bits per heavy atom. The van der Waals surface area contributed by atoms with Crippen LogP contribution in [0.15, 0.2) is 34.7 Å². The Bertz CT molecular complexity index is 825. The summed E-state index contributed by atoms with van der Waals surface area (Å²) < 4.78 is 11.3. The number of hydrogen-bond donors (Lipinski definition) is 1. The summed E-state index contributed by atoms with van der Waals surface area (Å²) in [5, 5.41) is 1.52. The van der Waals surface area contributed by atoms with Gasteiger partial charge in [-0.25, -0.2) is 4.98 Å². The molecule has 0 aliphatic rings. The van der Waals surface area contributed by atoms with Gasteiger partial charge in [0.1, 0.15) is 17.1 Å². The number of halogens is 1. The Kier molecular flexibility index (Phi) is 3.56. The lowest BCUT2D eigenvalue weighted by Gasteiger charge is -2.02. The van der Waals surface area contributed by atoms with E-state index in [0.717, 1.165) is 11.1 Å². The van der Waals surface area contributed by atoms with E-state index >= 15 is 0 Å². The lowest BCUT2D eigenvalue weighted by Crippen LogP contribution is -1.98. The Labute approximate surface area is 125 Å². The van der Waals surface area contributed by atoms with Crippen LogP contribution in [0.25, 0.3) is 22.4 Å². The molecule has 1 aromatic carbocycles. The van der Waals surface area contributed by atoms with Gasteiger partial charge in [-0.05, 0) is 12.1 Å². The lowest BCUT2D eigenvalue weighted by molar-refractivity contribution is 0.177. The maximum Gasteiger partial charge on any atom is 0.153 e. The summed E-state index contributed by atoms with van der Waals surface area (Å²) in [6, 6.07) is 9.29. The smallest absolute Gasteiger partial charge is 0.153 e. The summed E-state index contributed by atoms with van der Waals surface area (Å²) in [6.07, 6.45) is 0. The number of aromatic nitrogens is 2. The normalized spacial score (nSPS) is 11.1. The first-order chi connectivity index (χ1) is 9.67. The molecular formula is C14H11ClN2O2S. The van der Waals surface area contributed by atoms with E-state index < -0.39 is 0 Å². The third-order valence-electron chi connectivity index (χ3n) is 2.83. The van der Waals surface area contributed by atoms with E-state index in [1.54, 1.807) is 19.2 Å². The summed E-state index contributed by atoms with van der Waals surface area (Å²) in [6.45, 7) is 0.360. The average Bonchev–Trinajstić information content (AvgIpc) is 2.84. The second-order valence-corrected chi connectivity index (χ2v) is 5.11. The second kappa shape index (κ2) is 5.36. The zero-order valence-electron chi connectivity index (χ0n) is 10.6. The van der Waals surface area contributed by atoms with Crippen molar-refractivity contribution >= 4 is 34.8 Å². The minimum atomic E-state index is 0.360. The van der Waals surface area contributed by atoms with Crippen molar-refractivity contribution in [3.63, 3.8) is 0 Å². The van der Waals surface area contributed by atoms with Gasteiger partial charge < -0.3 is 14.1 Å². The van der Waals surface area contributed by atoms with Gasteiger partial charge in [-0.1, -0.05) is 36.0 Å². The molecule has 0 amide bonds. The number of nitrogens with zero attached hydrogens (tertiary/aromatic N) is 1. The molecule has 4 nitrogen and oxygen atoms in total. The highest BCUT2D eigenvalue weighted by Gasteiger charge is 2.10. The number of furan rings is 1. The van der Waals surface area contributed by atoms with Crippen molar-refractivity contribution in [1.29, 1.82) is 0 Å². The molecule has 3 aromatic rings. The summed E-state index contributed by atoms with van der Waals surface area (Å²) in [5.74, 6) is 1.32. The van der Waals surface area contributed by atoms with Crippen molar-refractivity contribution in [2.24, 2.45) is 0 Å². The molecule has 0 unspecified atom stereocenters. The van der Waals surface area contributed by atoms with Gasteiger partial charge in [0.25, 0.3) is 0 Å². The maximum atomic E-state index is 6.11. The molecule has 0 aliphatic carbocycles. The SMILES string of the molecule is COCc1nc(=S)cc(-c2cc3cccc(Cl)c3o2)[nH]1. The predicted molar refractivity (Wildman–Crippen MR) is 80.4 cm³/mol. The van der Waals surface area contributed by atoms with Crippen LogP contribution >= 0.6 is 23.8 Å². The second-order valence-electron chi connectivity index (χ2n) is 4.28. The third-order valence-corrected chi connectivity index (χ3v) is 3.34. The van der Waals surface area contributed by atoms with E-state index in [1.807, 2.05) is 18.2 Å². The minimum absolute atomic E-state index is 0.360. The first kappa shape index (κ1) is 13.3. The molecule has 0 fully saturated rings. The molecule has 2 heterocycles. The first-order valence-electron chi connectivity index (χ1n) is 5.95. The summed E-state index contributed by atoms with van der Waals surface area (Å²) >= 11 is 11.3. The van der Waals surface area contributed by atoms with Crippen molar-refractivity contribution in [2.75, 3.05) is 7.11 Å². The number of benzene rings is 1. The molecule has 0 saturated carbocycles. The zero-order valence-corrected chi connectivity index (χ0v) is 12.2. The van der Waals surface area contributed by atoms with Gasteiger partial charge >= 0.3 is 0 Å². The maximum absolute atomic E-state index is 6.11.